The molecule has 0 heterocycles. The third-order valence-corrected chi connectivity index (χ3v) is 5.10. The molecule has 0 saturated carbocycles. The average molecular weight is 317 g/mol. The van der Waals surface area contributed by atoms with Gasteiger partial charge in [0, 0.05) is 6.54 Å². The SMILES string of the molecule is CC(C)C(C)(O)CNS(=O)(=O)c1ccc(C#N)cc1Cl. The van der Waals surface area contributed by atoms with E-state index in [4.69, 9.17) is 16.9 Å². The van der Waals surface area contributed by atoms with Crippen LogP contribution < -0.4 is 4.72 Å². The fourth-order valence-corrected chi connectivity index (χ4v) is 3.00. The van der Waals surface area contributed by atoms with E-state index in [1.165, 1.54) is 18.2 Å². The minimum atomic E-state index is -3.83. The third-order valence-electron chi connectivity index (χ3n) is 3.21. The van der Waals surface area contributed by atoms with Crippen LogP contribution in [-0.2, 0) is 10.0 Å². The van der Waals surface area contributed by atoms with Crippen molar-refractivity contribution in [1.29, 1.82) is 5.26 Å². The van der Waals surface area contributed by atoms with Crippen molar-refractivity contribution in [3.05, 3.63) is 28.8 Å². The molecule has 0 saturated heterocycles. The lowest BCUT2D eigenvalue weighted by Gasteiger charge is -2.27. The first-order valence-corrected chi connectivity index (χ1v) is 7.88. The molecule has 1 rings (SSSR count). The molecule has 20 heavy (non-hydrogen) atoms. The van der Waals surface area contributed by atoms with Gasteiger partial charge in [0.25, 0.3) is 0 Å². The van der Waals surface area contributed by atoms with E-state index in [1.807, 2.05) is 6.07 Å². The first kappa shape index (κ1) is 16.9. The summed E-state index contributed by atoms with van der Waals surface area (Å²) in [4.78, 5) is -0.113. The van der Waals surface area contributed by atoms with E-state index in [2.05, 4.69) is 4.72 Å². The second kappa shape index (κ2) is 6.10. The molecule has 0 radical (unpaired) electrons. The van der Waals surface area contributed by atoms with Crippen LogP contribution in [0.2, 0.25) is 5.02 Å². The Morgan fingerprint density at radius 3 is 2.55 bits per heavy atom. The van der Waals surface area contributed by atoms with Gasteiger partial charge in [-0.1, -0.05) is 25.4 Å². The number of rotatable bonds is 5. The van der Waals surface area contributed by atoms with Crippen molar-refractivity contribution in [2.24, 2.45) is 5.92 Å². The molecule has 1 aromatic carbocycles. The van der Waals surface area contributed by atoms with E-state index in [1.54, 1.807) is 20.8 Å². The fourth-order valence-electron chi connectivity index (χ4n) is 1.31. The number of sulfonamides is 1. The number of hydrogen-bond donors (Lipinski definition) is 2. The molecule has 1 unspecified atom stereocenters. The van der Waals surface area contributed by atoms with Crippen LogP contribution in [0.3, 0.4) is 0 Å². The molecule has 0 aliphatic rings. The Morgan fingerprint density at radius 2 is 2.10 bits per heavy atom. The van der Waals surface area contributed by atoms with Crippen LogP contribution in [0.1, 0.15) is 26.3 Å². The minimum absolute atomic E-state index is 0.0271. The average Bonchev–Trinajstić information content (AvgIpc) is 2.36. The summed E-state index contributed by atoms with van der Waals surface area (Å²) in [6, 6.07) is 5.81. The van der Waals surface area contributed by atoms with Gasteiger partial charge in [-0.3, -0.25) is 0 Å². The molecular weight excluding hydrogens is 300 g/mol. The zero-order chi connectivity index (χ0) is 15.6. The van der Waals surface area contributed by atoms with Crippen molar-refractivity contribution in [3.63, 3.8) is 0 Å². The Hall–Kier alpha value is -1.13. The van der Waals surface area contributed by atoms with Crippen LogP contribution in [0.4, 0.5) is 0 Å². The van der Waals surface area contributed by atoms with Gasteiger partial charge in [0.05, 0.1) is 22.3 Å². The normalized spacial score (nSPS) is 14.8. The Labute approximate surface area is 124 Å². The zero-order valence-electron chi connectivity index (χ0n) is 11.5. The Balaban J connectivity index is 2.99. The molecule has 0 fully saturated rings. The quantitative estimate of drug-likeness (QED) is 0.868. The molecule has 0 aliphatic carbocycles. The molecule has 110 valence electrons. The van der Waals surface area contributed by atoms with Gasteiger partial charge in [0.2, 0.25) is 10.0 Å². The molecule has 0 aliphatic heterocycles. The highest BCUT2D eigenvalue weighted by atomic mass is 35.5. The van der Waals surface area contributed by atoms with Crippen LogP contribution in [0.5, 0.6) is 0 Å². The number of hydrogen-bond acceptors (Lipinski definition) is 4. The number of nitrogens with one attached hydrogen (secondary N) is 1. The second-order valence-electron chi connectivity index (χ2n) is 5.09. The summed E-state index contributed by atoms with van der Waals surface area (Å²) in [5.74, 6) is -0.110. The molecular formula is C13H17ClN2O3S. The summed E-state index contributed by atoms with van der Waals surface area (Å²) in [5.41, 5.74) is -0.880. The Bertz CT molecular complexity index is 634. The predicted octanol–water partition coefficient (Wildman–Crippen LogP) is 1.90. The first-order valence-electron chi connectivity index (χ1n) is 6.02. The van der Waals surface area contributed by atoms with Crippen LogP contribution in [0.25, 0.3) is 0 Å². The second-order valence-corrected chi connectivity index (χ2v) is 7.24. The van der Waals surface area contributed by atoms with Gasteiger partial charge in [-0.05, 0) is 31.0 Å². The topological polar surface area (TPSA) is 90.2 Å². The van der Waals surface area contributed by atoms with Gasteiger partial charge in [-0.15, -0.1) is 0 Å². The first-order chi connectivity index (χ1) is 9.10. The van der Waals surface area contributed by atoms with Crippen molar-refractivity contribution in [3.8, 4) is 6.07 Å². The molecule has 0 spiro atoms. The van der Waals surface area contributed by atoms with Crippen LogP contribution >= 0.6 is 11.6 Å². The van der Waals surface area contributed by atoms with Crippen LogP contribution in [-0.4, -0.2) is 25.7 Å². The van der Waals surface area contributed by atoms with Crippen molar-refractivity contribution in [2.45, 2.75) is 31.3 Å². The molecule has 7 heteroatoms. The Kier molecular flexibility index (Phi) is 5.16. The molecule has 0 aromatic heterocycles. The summed E-state index contributed by atoms with van der Waals surface area (Å²) in [6.07, 6.45) is 0. The maximum absolute atomic E-state index is 12.1. The smallest absolute Gasteiger partial charge is 0.242 e. The van der Waals surface area contributed by atoms with E-state index in [0.717, 1.165) is 0 Å². The highest BCUT2D eigenvalue weighted by molar-refractivity contribution is 7.89. The number of nitriles is 1. The van der Waals surface area contributed by atoms with Gasteiger partial charge in [0.15, 0.2) is 0 Å². The number of halogens is 1. The number of aliphatic hydroxyl groups is 1. The third kappa shape index (κ3) is 3.93. The monoisotopic (exact) mass is 316 g/mol. The van der Waals surface area contributed by atoms with E-state index in [-0.39, 0.29) is 27.9 Å². The number of benzene rings is 1. The summed E-state index contributed by atoms with van der Waals surface area (Å²) >= 11 is 5.87. The summed E-state index contributed by atoms with van der Waals surface area (Å²) in [7, 11) is -3.83. The maximum atomic E-state index is 12.1. The summed E-state index contributed by atoms with van der Waals surface area (Å²) in [6.45, 7) is 5.02. The maximum Gasteiger partial charge on any atom is 0.242 e. The van der Waals surface area contributed by atoms with Gasteiger partial charge in [0.1, 0.15) is 4.90 Å². The van der Waals surface area contributed by atoms with Crippen LogP contribution in [0, 0.1) is 17.2 Å². The molecule has 5 nitrogen and oxygen atoms in total. The van der Waals surface area contributed by atoms with Gasteiger partial charge in [-0.25, -0.2) is 13.1 Å². The molecule has 0 bridgehead atoms. The van der Waals surface area contributed by atoms with Crippen molar-refractivity contribution in [2.75, 3.05) is 6.54 Å². The lowest BCUT2D eigenvalue weighted by atomic mass is 9.93. The number of nitrogens with zero attached hydrogens (tertiary/aromatic N) is 1. The van der Waals surface area contributed by atoms with Gasteiger partial charge < -0.3 is 5.11 Å². The molecule has 1 atom stereocenters. The molecule has 0 amide bonds. The Morgan fingerprint density at radius 1 is 1.50 bits per heavy atom. The highest BCUT2D eigenvalue weighted by Gasteiger charge is 2.28. The van der Waals surface area contributed by atoms with Crippen molar-refractivity contribution < 1.29 is 13.5 Å². The zero-order valence-corrected chi connectivity index (χ0v) is 13.1. The standard InChI is InChI=1S/C13H17ClN2O3S/c1-9(2)13(3,17)8-16-20(18,19)12-5-4-10(7-15)6-11(12)14/h4-6,9,16-17H,8H2,1-3H3. The van der Waals surface area contributed by atoms with Gasteiger partial charge in [-0.2, -0.15) is 5.26 Å². The van der Waals surface area contributed by atoms with E-state index in [9.17, 15) is 13.5 Å². The predicted molar refractivity (Wildman–Crippen MR) is 76.8 cm³/mol. The van der Waals surface area contributed by atoms with Crippen LogP contribution in [0.15, 0.2) is 23.1 Å². The lowest BCUT2D eigenvalue weighted by Crippen LogP contribution is -2.44. The van der Waals surface area contributed by atoms with E-state index >= 15 is 0 Å². The minimum Gasteiger partial charge on any atom is -0.389 e. The van der Waals surface area contributed by atoms with Gasteiger partial charge >= 0.3 is 0 Å². The van der Waals surface area contributed by atoms with E-state index < -0.39 is 15.6 Å². The van der Waals surface area contributed by atoms with Crippen molar-refractivity contribution >= 4 is 21.6 Å². The van der Waals surface area contributed by atoms with Crippen molar-refractivity contribution in [1.82, 2.24) is 4.72 Å². The highest BCUT2D eigenvalue weighted by Crippen LogP contribution is 2.23. The molecule has 2 N–H and O–H groups in total. The summed E-state index contributed by atoms with van der Waals surface area (Å²) in [5, 5.41) is 18.7. The van der Waals surface area contributed by atoms with E-state index in [0.29, 0.717) is 0 Å². The lowest BCUT2D eigenvalue weighted by molar-refractivity contribution is 0.0190. The fraction of sp³-hybridized carbons (Fsp3) is 0.462. The summed E-state index contributed by atoms with van der Waals surface area (Å²) < 4.78 is 26.6. The molecule has 1 aromatic rings. The largest absolute Gasteiger partial charge is 0.389 e.